The fourth-order valence-corrected chi connectivity index (χ4v) is 1.79. The van der Waals surface area contributed by atoms with Gasteiger partial charge in [0.1, 0.15) is 0 Å². The number of aliphatic hydroxyl groups excluding tert-OH is 1. The highest BCUT2D eigenvalue weighted by atomic mass is 35.5. The van der Waals surface area contributed by atoms with E-state index >= 15 is 0 Å². The lowest BCUT2D eigenvalue weighted by atomic mass is 10.00. The van der Waals surface area contributed by atoms with Crippen LogP contribution in [0, 0.1) is 6.92 Å². The fraction of sp³-hybridized carbons (Fsp3) is 0.538. The molecule has 2 nitrogen and oxygen atoms in total. The van der Waals surface area contributed by atoms with E-state index in [4.69, 9.17) is 16.7 Å². The number of aliphatic hydroxyl groups is 1. The predicted octanol–water partition coefficient (Wildman–Crippen LogP) is 2.90. The van der Waals surface area contributed by atoms with Crippen molar-refractivity contribution in [2.24, 2.45) is 0 Å². The summed E-state index contributed by atoms with van der Waals surface area (Å²) in [5.41, 5.74) is 2.40. The Morgan fingerprint density at radius 3 is 2.62 bits per heavy atom. The van der Waals surface area contributed by atoms with Crippen molar-refractivity contribution in [3.8, 4) is 0 Å². The minimum absolute atomic E-state index is 0.0408. The van der Waals surface area contributed by atoms with Crippen molar-refractivity contribution in [1.29, 1.82) is 0 Å². The number of halogens is 1. The highest BCUT2D eigenvalue weighted by Crippen LogP contribution is 2.16. The Balaban J connectivity index is 2.61. The zero-order valence-corrected chi connectivity index (χ0v) is 10.9. The van der Waals surface area contributed by atoms with E-state index in [1.165, 1.54) is 11.1 Å². The average Bonchev–Trinajstić information content (AvgIpc) is 2.16. The normalized spacial score (nSPS) is 11.8. The highest BCUT2D eigenvalue weighted by Gasteiger charge is 2.15. The molecule has 0 amide bonds. The molecule has 1 aromatic carbocycles. The fourth-order valence-electron chi connectivity index (χ4n) is 1.56. The topological polar surface area (TPSA) is 32.3 Å². The first-order chi connectivity index (χ1) is 7.44. The number of hydrogen-bond donors (Lipinski definition) is 2. The summed E-state index contributed by atoms with van der Waals surface area (Å²) in [4.78, 5) is 0. The molecule has 2 N–H and O–H groups in total. The van der Waals surface area contributed by atoms with Crippen molar-refractivity contribution in [2.45, 2.75) is 39.3 Å². The van der Waals surface area contributed by atoms with Crippen LogP contribution in [0.4, 0.5) is 0 Å². The lowest BCUT2D eigenvalue weighted by molar-refractivity contribution is 0.230. The van der Waals surface area contributed by atoms with Gasteiger partial charge in [0.05, 0.1) is 0 Å². The van der Waals surface area contributed by atoms with Gasteiger partial charge in [0.25, 0.3) is 0 Å². The Kier molecular flexibility index (Phi) is 4.78. The molecule has 1 rings (SSSR count). The van der Waals surface area contributed by atoms with E-state index in [1.54, 1.807) is 0 Å². The van der Waals surface area contributed by atoms with Crippen molar-refractivity contribution in [2.75, 3.05) is 6.61 Å². The summed E-state index contributed by atoms with van der Waals surface area (Å²) >= 11 is 5.90. The first-order valence-electron chi connectivity index (χ1n) is 5.55. The van der Waals surface area contributed by atoms with E-state index in [-0.39, 0.29) is 12.1 Å². The Hall–Kier alpha value is -0.570. The molecule has 0 saturated carbocycles. The van der Waals surface area contributed by atoms with Gasteiger partial charge in [0.2, 0.25) is 0 Å². The number of aryl methyl sites for hydroxylation is 1. The molecule has 0 aliphatic heterocycles. The molecule has 0 spiro atoms. The minimum atomic E-state index is -0.0408. The van der Waals surface area contributed by atoms with E-state index in [1.807, 2.05) is 18.2 Å². The van der Waals surface area contributed by atoms with E-state index in [0.29, 0.717) is 0 Å². The van der Waals surface area contributed by atoms with Crippen LogP contribution in [-0.2, 0) is 6.54 Å². The van der Waals surface area contributed by atoms with Crippen LogP contribution in [0.3, 0.4) is 0 Å². The van der Waals surface area contributed by atoms with Crippen LogP contribution < -0.4 is 5.32 Å². The highest BCUT2D eigenvalue weighted by molar-refractivity contribution is 6.30. The van der Waals surface area contributed by atoms with Crippen LogP contribution in [0.25, 0.3) is 0 Å². The zero-order valence-electron chi connectivity index (χ0n) is 10.2. The lowest BCUT2D eigenvalue weighted by Gasteiger charge is -2.26. The van der Waals surface area contributed by atoms with Crippen LogP contribution in [0.5, 0.6) is 0 Å². The van der Waals surface area contributed by atoms with Gasteiger partial charge < -0.3 is 10.4 Å². The van der Waals surface area contributed by atoms with Crippen LogP contribution >= 0.6 is 11.6 Å². The molecule has 0 fully saturated rings. The van der Waals surface area contributed by atoms with E-state index < -0.39 is 0 Å². The third-order valence-electron chi connectivity index (χ3n) is 2.80. The minimum Gasteiger partial charge on any atom is -0.396 e. The third-order valence-corrected chi connectivity index (χ3v) is 3.03. The summed E-state index contributed by atoms with van der Waals surface area (Å²) in [7, 11) is 0. The van der Waals surface area contributed by atoms with Crippen molar-refractivity contribution >= 4 is 11.6 Å². The molecule has 0 radical (unpaired) electrons. The van der Waals surface area contributed by atoms with Gasteiger partial charge in [-0.05, 0) is 50.5 Å². The Morgan fingerprint density at radius 1 is 1.38 bits per heavy atom. The second-order valence-corrected chi connectivity index (χ2v) is 5.22. The number of nitrogens with one attached hydrogen (secondary N) is 1. The van der Waals surface area contributed by atoms with Crippen LogP contribution in [-0.4, -0.2) is 17.3 Å². The van der Waals surface area contributed by atoms with Gasteiger partial charge >= 0.3 is 0 Å². The quantitative estimate of drug-likeness (QED) is 0.831. The molecule has 16 heavy (non-hydrogen) atoms. The maximum Gasteiger partial charge on any atom is 0.0448 e. The SMILES string of the molecule is Cc1cc(Cl)ccc1CNC(C)(C)CCO. The first-order valence-corrected chi connectivity index (χ1v) is 5.93. The summed E-state index contributed by atoms with van der Waals surface area (Å²) in [6.07, 6.45) is 0.750. The molecule has 1 aromatic rings. The average molecular weight is 242 g/mol. The standard InChI is InChI=1S/C13H20ClNO/c1-10-8-12(14)5-4-11(10)9-15-13(2,3)6-7-16/h4-5,8,15-16H,6-7,9H2,1-3H3. The summed E-state index contributed by atoms with van der Waals surface area (Å²) in [5.74, 6) is 0. The van der Waals surface area contributed by atoms with Gasteiger partial charge in [-0.3, -0.25) is 0 Å². The van der Waals surface area contributed by atoms with Gasteiger partial charge in [-0.2, -0.15) is 0 Å². The largest absolute Gasteiger partial charge is 0.396 e. The molecule has 0 atom stereocenters. The van der Waals surface area contributed by atoms with Gasteiger partial charge in [0.15, 0.2) is 0 Å². The molecule has 0 aromatic heterocycles. The van der Waals surface area contributed by atoms with Crippen LogP contribution in [0.2, 0.25) is 5.02 Å². The van der Waals surface area contributed by atoms with Gasteiger partial charge in [0, 0.05) is 23.7 Å². The van der Waals surface area contributed by atoms with Crippen LogP contribution in [0.15, 0.2) is 18.2 Å². The Labute approximate surface area is 103 Å². The van der Waals surface area contributed by atoms with Crippen LogP contribution in [0.1, 0.15) is 31.4 Å². The van der Waals surface area contributed by atoms with Gasteiger partial charge in [-0.15, -0.1) is 0 Å². The molecule has 0 heterocycles. The summed E-state index contributed by atoms with van der Waals surface area (Å²) in [5, 5.41) is 13.1. The van der Waals surface area contributed by atoms with Crippen molar-refractivity contribution in [1.82, 2.24) is 5.32 Å². The third kappa shape index (κ3) is 4.12. The number of benzene rings is 1. The number of rotatable bonds is 5. The summed E-state index contributed by atoms with van der Waals surface area (Å²) in [6.45, 7) is 7.25. The second-order valence-electron chi connectivity index (χ2n) is 4.78. The maximum absolute atomic E-state index is 8.93. The molecular formula is C13H20ClNO. The Bertz CT molecular complexity index is 350. The number of hydrogen-bond acceptors (Lipinski definition) is 2. The van der Waals surface area contributed by atoms with Gasteiger partial charge in [-0.1, -0.05) is 17.7 Å². The predicted molar refractivity (Wildman–Crippen MR) is 68.8 cm³/mol. The van der Waals surface area contributed by atoms with Gasteiger partial charge in [-0.25, -0.2) is 0 Å². The molecule has 90 valence electrons. The molecule has 0 unspecified atom stereocenters. The zero-order chi connectivity index (χ0) is 12.2. The summed E-state index contributed by atoms with van der Waals surface area (Å²) in [6, 6.07) is 5.92. The molecule has 3 heteroatoms. The Morgan fingerprint density at radius 2 is 2.06 bits per heavy atom. The van der Waals surface area contributed by atoms with E-state index in [2.05, 4.69) is 26.1 Å². The van der Waals surface area contributed by atoms with E-state index in [9.17, 15) is 0 Å². The lowest BCUT2D eigenvalue weighted by Crippen LogP contribution is -2.39. The molecule has 0 aliphatic rings. The smallest absolute Gasteiger partial charge is 0.0448 e. The molecular weight excluding hydrogens is 222 g/mol. The van der Waals surface area contributed by atoms with Crippen molar-refractivity contribution in [3.63, 3.8) is 0 Å². The molecule has 0 saturated heterocycles. The first kappa shape index (κ1) is 13.5. The monoisotopic (exact) mass is 241 g/mol. The molecule has 0 aliphatic carbocycles. The van der Waals surface area contributed by atoms with Crippen molar-refractivity contribution < 1.29 is 5.11 Å². The maximum atomic E-state index is 8.93. The van der Waals surface area contributed by atoms with Crippen molar-refractivity contribution in [3.05, 3.63) is 34.3 Å². The summed E-state index contributed by atoms with van der Waals surface area (Å²) < 4.78 is 0. The molecule has 0 bridgehead atoms. The van der Waals surface area contributed by atoms with E-state index in [0.717, 1.165) is 18.0 Å². The second kappa shape index (κ2) is 5.67.